The largest absolute Gasteiger partial charge is 0.487 e. The summed E-state index contributed by atoms with van der Waals surface area (Å²) in [5.74, 6) is 0.193. The van der Waals surface area contributed by atoms with Crippen LogP contribution in [0.1, 0.15) is 19.4 Å². The van der Waals surface area contributed by atoms with E-state index in [9.17, 15) is 13.5 Å². The Balaban J connectivity index is 1.72. The zero-order chi connectivity index (χ0) is 25.0. The zero-order valence-corrected chi connectivity index (χ0v) is 21.1. The number of ether oxygens (including phenoxy) is 1. The molecule has 0 bridgehead atoms. The van der Waals surface area contributed by atoms with Gasteiger partial charge in [0.05, 0.1) is 6.61 Å². The normalized spacial score (nSPS) is 20.9. The van der Waals surface area contributed by atoms with Crippen molar-refractivity contribution in [2.75, 3.05) is 26.7 Å². The van der Waals surface area contributed by atoms with Crippen LogP contribution < -0.4 is 4.74 Å². The van der Waals surface area contributed by atoms with Gasteiger partial charge in [0.25, 0.3) is 0 Å². The molecule has 0 spiro atoms. The second-order valence-corrected chi connectivity index (χ2v) is 11.1. The molecule has 0 amide bonds. The number of aliphatic hydroxyl groups excluding tert-OH is 1. The second-order valence-electron chi connectivity index (χ2n) is 9.20. The molecule has 35 heavy (non-hydrogen) atoms. The van der Waals surface area contributed by atoms with Crippen LogP contribution in [0.25, 0.3) is 11.1 Å². The van der Waals surface area contributed by atoms with Crippen molar-refractivity contribution in [2.24, 2.45) is 5.92 Å². The van der Waals surface area contributed by atoms with Crippen molar-refractivity contribution < 1.29 is 18.3 Å². The van der Waals surface area contributed by atoms with E-state index in [1.54, 1.807) is 43.7 Å². The maximum absolute atomic E-state index is 13.6. The van der Waals surface area contributed by atoms with Gasteiger partial charge in [-0.3, -0.25) is 14.9 Å². The van der Waals surface area contributed by atoms with Gasteiger partial charge < -0.3 is 9.84 Å². The first-order valence-corrected chi connectivity index (χ1v) is 13.1. The van der Waals surface area contributed by atoms with E-state index in [1.165, 1.54) is 4.31 Å². The first-order valence-electron chi connectivity index (χ1n) is 11.7. The highest BCUT2D eigenvalue weighted by atomic mass is 32.2. The third-order valence-electron chi connectivity index (χ3n) is 6.33. The molecule has 186 valence electrons. The molecule has 3 atom stereocenters. The first kappa shape index (κ1) is 25.2. The maximum Gasteiger partial charge on any atom is 0.247 e. The predicted molar refractivity (Wildman–Crippen MR) is 134 cm³/mol. The predicted octanol–water partition coefficient (Wildman–Crippen LogP) is 3.04. The van der Waals surface area contributed by atoms with Crippen LogP contribution in [-0.4, -0.2) is 71.6 Å². The highest BCUT2D eigenvalue weighted by Gasteiger charge is 2.38. The fourth-order valence-electron chi connectivity index (χ4n) is 4.33. The van der Waals surface area contributed by atoms with Gasteiger partial charge in [0.2, 0.25) is 10.0 Å². The SMILES string of the molecule is C[C@H](CO)N1C[C@H](C)[C@H](CN(C)Cc2cccnc2)Oc2cc(-c3cccnc3)ccc2S1(=O)=O. The number of benzene rings is 1. The van der Waals surface area contributed by atoms with Gasteiger partial charge in [0.1, 0.15) is 16.7 Å². The molecular formula is C26H32N4O4S. The second kappa shape index (κ2) is 10.8. The van der Waals surface area contributed by atoms with Gasteiger partial charge in [-0.15, -0.1) is 0 Å². The third kappa shape index (κ3) is 5.70. The molecule has 1 aromatic carbocycles. The highest BCUT2D eigenvalue weighted by Crippen LogP contribution is 2.36. The molecule has 2 aromatic heterocycles. The minimum atomic E-state index is -3.88. The fourth-order valence-corrected chi connectivity index (χ4v) is 6.16. The molecule has 8 nitrogen and oxygen atoms in total. The molecule has 1 aliphatic rings. The Morgan fingerprint density at radius 3 is 2.54 bits per heavy atom. The van der Waals surface area contributed by atoms with Crippen LogP contribution in [0.5, 0.6) is 5.75 Å². The summed E-state index contributed by atoms with van der Waals surface area (Å²) in [5, 5.41) is 9.83. The molecule has 0 aliphatic carbocycles. The van der Waals surface area contributed by atoms with Gasteiger partial charge in [0.15, 0.2) is 0 Å². The summed E-state index contributed by atoms with van der Waals surface area (Å²) in [7, 11) is -1.86. The van der Waals surface area contributed by atoms with E-state index in [4.69, 9.17) is 4.74 Å². The van der Waals surface area contributed by atoms with Crippen molar-refractivity contribution in [1.29, 1.82) is 0 Å². The molecule has 0 radical (unpaired) electrons. The van der Waals surface area contributed by atoms with E-state index < -0.39 is 16.1 Å². The standard InChI is InChI=1S/C26H32N4O4S/c1-19-15-30(20(2)18-31)35(32,33)26-9-8-22(23-7-5-11-28-14-23)12-24(26)34-25(19)17-29(3)16-21-6-4-10-27-13-21/h4-14,19-20,25,31H,15-18H2,1-3H3/t19-,20+,25-/m0/s1. The van der Waals surface area contributed by atoms with Crippen molar-refractivity contribution >= 4 is 10.0 Å². The minimum absolute atomic E-state index is 0.109. The van der Waals surface area contributed by atoms with Crippen LogP contribution >= 0.6 is 0 Å². The number of sulfonamides is 1. The highest BCUT2D eigenvalue weighted by molar-refractivity contribution is 7.89. The van der Waals surface area contributed by atoms with Crippen molar-refractivity contribution in [3.05, 3.63) is 72.8 Å². The minimum Gasteiger partial charge on any atom is -0.487 e. The summed E-state index contributed by atoms with van der Waals surface area (Å²) in [5.41, 5.74) is 2.78. The Morgan fingerprint density at radius 2 is 1.89 bits per heavy atom. The molecule has 0 saturated heterocycles. The Morgan fingerprint density at radius 1 is 1.14 bits per heavy atom. The lowest BCUT2D eigenvalue weighted by molar-refractivity contribution is 0.0734. The smallest absolute Gasteiger partial charge is 0.247 e. The van der Waals surface area contributed by atoms with Crippen LogP contribution in [0.4, 0.5) is 0 Å². The number of nitrogens with zero attached hydrogens (tertiary/aromatic N) is 4. The molecule has 4 rings (SSSR count). The number of hydrogen-bond donors (Lipinski definition) is 1. The van der Waals surface area contributed by atoms with Gasteiger partial charge in [-0.1, -0.05) is 25.1 Å². The van der Waals surface area contributed by atoms with Gasteiger partial charge in [-0.2, -0.15) is 4.31 Å². The lowest BCUT2D eigenvalue weighted by Crippen LogP contribution is -2.49. The molecule has 0 unspecified atom stereocenters. The fraction of sp³-hybridized carbons (Fsp3) is 0.385. The lowest BCUT2D eigenvalue weighted by atomic mass is 10.0. The Kier molecular flexibility index (Phi) is 7.81. The van der Waals surface area contributed by atoms with Crippen molar-refractivity contribution in [3.8, 4) is 16.9 Å². The number of aliphatic hydroxyl groups is 1. The van der Waals surface area contributed by atoms with Crippen molar-refractivity contribution in [3.63, 3.8) is 0 Å². The Hall–Kier alpha value is -2.85. The topological polar surface area (TPSA) is 95.9 Å². The number of aromatic nitrogens is 2. The summed E-state index contributed by atoms with van der Waals surface area (Å²) in [6.45, 7) is 4.98. The number of fused-ring (bicyclic) bond motifs is 1. The van der Waals surface area contributed by atoms with E-state index in [2.05, 4.69) is 14.9 Å². The van der Waals surface area contributed by atoms with Crippen LogP contribution in [0.3, 0.4) is 0 Å². The van der Waals surface area contributed by atoms with Gasteiger partial charge >= 0.3 is 0 Å². The van der Waals surface area contributed by atoms with Gasteiger partial charge in [-0.25, -0.2) is 8.42 Å². The van der Waals surface area contributed by atoms with Crippen LogP contribution in [0, 0.1) is 5.92 Å². The van der Waals surface area contributed by atoms with E-state index >= 15 is 0 Å². The van der Waals surface area contributed by atoms with E-state index in [0.717, 1.165) is 16.7 Å². The van der Waals surface area contributed by atoms with Gasteiger partial charge in [-0.05, 0) is 49.4 Å². The van der Waals surface area contributed by atoms with E-state index in [-0.39, 0.29) is 30.1 Å². The molecule has 3 heterocycles. The van der Waals surface area contributed by atoms with Crippen molar-refractivity contribution in [1.82, 2.24) is 19.2 Å². The summed E-state index contributed by atoms with van der Waals surface area (Å²) in [6, 6.07) is 12.3. The average Bonchev–Trinajstić information content (AvgIpc) is 2.86. The third-order valence-corrected chi connectivity index (χ3v) is 8.35. The zero-order valence-electron chi connectivity index (χ0n) is 20.3. The van der Waals surface area contributed by atoms with Crippen LogP contribution in [0.15, 0.2) is 72.1 Å². The summed E-state index contributed by atoms with van der Waals surface area (Å²) < 4.78 is 35.2. The van der Waals surface area contributed by atoms with Gasteiger partial charge in [0, 0.05) is 61.9 Å². The van der Waals surface area contributed by atoms with E-state index in [0.29, 0.717) is 18.8 Å². The van der Waals surface area contributed by atoms with Crippen molar-refractivity contribution in [2.45, 2.75) is 37.4 Å². The number of pyridine rings is 2. The van der Waals surface area contributed by atoms with Crippen LogP contribution in [0.2, 0.25) is 0 Å². The molecule has 0 fully saturated rings. The first-order chi connectivity index (χ1) is 16.8. The quantitative estimate of drug-likeness (QED) is 0.537. The molecule has 1 N–H and O–H groups in total. The summed E-state index contributed by atoms with van der Waals surface area (Å²) in [4.78, 5) is 10.6. The summed E-state index contributed by atoms with van der Waals surface area (Å²) in [6.07, 6.45) is 6.75. The number of rotatable bonds is 7. The van der Waals surface area contributed by atoms with Crippen LogP contribution in [-0.2, 0) is 16.6 Å². The average molecular weight is 497 g/mol. The van der Waals surface area contributed by atoms with E-state index in [1.807, 2.05) is 44.4 Å². The Bertz CT molecular complexity index is 1220. The monoisotopic (exact) mass is 496 g/mol. The molecule has 9 heteroatoms. The molecule has 0 saturated carbocycles. The molecular weight excluding hydrogens is 464 g/mol. The lowest BCUT2D eigenvalue weighted by Gasteiger charge is -2.37. The Labute approximate surface area is 207 Å². The molecule has 1 aliphatic heterocycles. The number of likely N-dealkylation sites (N-methyl/N-ethyl adjacent to an activating group) is 1. The molecule has 3 aromatic rings. The maximum atomic E-state index is 13.6. The summed E-state index contributed by atoms with van der Waals surface area (Å²) >= 11 is 0. The number of hydrogen-bond acceptors (Lipinski definition) is 7.